The molecule has 0 unspecified atom stereocenters. The van der Waals surface area contributed by atoms with Gasteiger partial charge in [-0.3, -0.25) is 4.79 Å². The van der Waals surface area contributed by atoms with Crippen molar-refractivity contribution in [1.82, 2.24) is 20.2 Å². The van der Waals surface area contributed by atoms with E-state index in [1.807, 2.05) is 0 Å². The lowest BCUT2D eigenvalue weighted by Gasteiger charge is -2.00. The topological polar surface area (TPSA) is 90.1 Å². The molecule has 1 heterocycles. The van der Waals surface area contributed by atoms with E-state index < -0.39 is 5.97 Å². The third kappa shape index (κ3) is 2.62. The van der Waals surface area contributed by atoms with Crippen LogP contribution in [0.4, 0.5) is 0 Å². The van der Waals surface area contributed by atoms with Crippen molar-refractivity contribution in [2.45, 2.75) is 6.54 Å². The molecule has 0 aliphatic carbocycles. The highest BCUT2D eigenvalue weighted by Gasteiger charge is 2.03. The number of rotatable bonds is 4. The van der Waals surface area contributed by atoms with Gasteiger partial charge in [0.05, 0.1) is 6.61 Å². The van der Waals surface area contributed by atoms with Crippen LogP contribution in [0.15, 0.2) is 6.33 Å². The smallest absolute Gasteiger partial charge is 0.327 e. The summed E-state index contributed by atoms with van der Waals surface area (Å²) in [5.74, 6) is -0.476. The van der Waals surface area contributed by atoms with Crippen LogP contribution in [0.25, 0.3) is 0 Å². The van der Waals surface area contributed by atoms with Gasteiger partial charge >= 0.3 is 5.97 Å². The number of hydrogen-bond acceptors (Lipinski definition) is 6. The summed E-state index contributed by atoms with van der Waals surface area (Å²) in [5, 5.41) is 18.4. The van der Waals surface area contributed by atoms with Crippen LogP contribution in [0.1, 0.15) is 0 Å². The minimum Gasteiger partial charge on any atom is -0.462 e. The summed E-state index contributed by atoms with van der Waals surface area (Å²) in [6.45, 7) is -0.213. The number of esters is 1. The van der Waals surface area contributed by atoms with E-state index in [2.05, 4.69) is 20.3 Å². The molecule has 1 N–H and O–H groups in total. The Balaban J connectivity index is 2.27. The van der Waals surface area contributed by atoms with Crippen LogP contribution in [0.3, 0.4) is 0 Å². The van der Waals surface area contributed by atoms with Crippen LogP contribution < -0.4 is 0 Å². The molecule has 0 atom stereocenters. The van der Waals surface area contributed by atoms with Crippen molar-refractivity contribution in [3.05, 3.63) is 6.33 Å². The van der Waals surface area contributed by atoms with Gasteiger partial charge in [0.15, 0.2) is 0 Å². The minimum atomic E-state index is -0.476. The molecule has 0 saturated carbocycles. The van der Waals surface area contributed by atoms with Crippen molar-refractivity contribution in [1.29, 1.82) is 0 Å². The first-order valence-electron chi connectivity index (χ1n) is 3.30. The Morgan fingerprint density at radius 1 is 1.67 bits per heavy atom. The third-order valence-electron chi connectivity index (χ3n) is 1.04. The lowest BCUT2D eigenvalue weighted by Crippen LogP contribution is -2.15. The SMILES string of the molecule is O=C(Cn1cnnn1)OCCO. The molecular formula is C5H8N4O3. The summed E-state index contributed by atoms with van der Waals surface area (Å²) in [7, 11) is 0. The maximum atomic E-state index is 10.8. The monoisotopic (exact) mass is 172 g/mol. The second-order valence-corrected chi connectivity index (χ2v) is 1.95. The van der Waals surface area contributed by atoms with Crippen LogP contribution in [-0.2, 0) is 16.1 Å². The molecule has 0 spiro atoms. The Hall–Kier alpha value is -1.50. The highest BCUT2D eigenvalue weighted by molar-refractivity contribution is 5.68. The van der Waals surface area contributed by atoms with E-state index in [-0.39, 0.29) is 19.8 Å². The Labute approximate surface area is 67.9 Å². The molecule has 7 heteroatoms. The zero-order chi connectivity index (χ0) is 8.81. The largest absolute Gasteiger partial charge is 0.462 e. The van der Waals surface area contributed by atoms with E-state index in [4.69, 9.17) is 5.11 Å². The number of aliphatic hydroxyl groups excluding tert-OH is 1. The Kier molecular flexibility index (Phi) is 3.15. The molecule has 1 rings (SSSR count). The summed E-state index contributed by atoms with van der Waals surface area (Å²) in [6.07, 6.45) is 1.31. The van der Waals surface area contributed by atoms with Gasteiger partial charge in [0.2, 0.25) is 0 Å². The van der Waals surface area contributed by atoms with Gasteiger partial charge in [0.25, 0.3) is 0 Å². The molecular weight excluding hydrogens is 164 g/mol. The molecule has 1 aromatic rings. The molecule has 0 amide bonds. The number of aromatic nitrogens is 4. The maximum absolute atomic E-state index is 10.8. The van der Waals surface area contributed by atoms with Crippen LogP contribution in [-0.4, -0.2) is 44.5 Å². The molecule has 0 aliphatic rings. The van der Waals surface area contributed by atoms with Crippen LogP contribution in [0.5, 0.6) is 0 Å². The lowest BCUT2D eigenvalue weighted by atomic mass is 10.6. The van der Waals surface area contributed by atoms with E-state index >= 15 is 0 Å². The molecule has 66 valence electrons. The molecule has 0 saturated heterocycles. The van der Waals surface area contributed by atoms with Crippen molar-refractivity contribution in [2.75, 3.05) is 13.2 Å². The molecule has 1 aromatic heterocycles. The maximum Gasteiger partial charge on any atom is 0.327 e. The van der Waals surface area contributed by atoms with Crippen molar-refractivity contribution in [3.63, 3.8) is 0 Å². The molecule has 0 aliphatic heterocycles. The normalized spacial score (nSPS) is 9.75. The minimum absolute atomic E-state index is 0.000951. The molecule has 12 heavy (non-hydrogen) atoms. The quantitative estimate of drug-likeness (QED) is 0.539. The van der Waals surface area contributed by atoms with E-state index in [0.29, 0.717) is 0 Å². The van der Waals surface area contributed by atoms with Gasteiger partial charge in [-0.05, 0) is 10.4 Å². The van der Waals surface area contributed by atoms with E-state index in [0.717, 1.165) is 0 Å². The van der Waals surface area contributed by atoms with Gasteiger partial charge in [-0.1, -0.05) is 0 Å². The standard InChI is InChI=1S/C5H8N4O3/c10-1-2-12-5(11)3-9-4-6-7-8-9/h4,10H,1-3H2. The van der Waals surface area contributed by atoms with Gasteiger partial charge in [-0.25, -0.2) is 4.68 Å². The number of ether oxygens (including phenoxy) is 1. The lowest BCUT2D eigenvalue weighted by molar-refractivity contribution is -0.145. The molecule has 0 bridgehead atoms. The Morgan fingerprint density at radius 3 is 3.08 bits per heavy atom. The summed E-state index contributed by atoms with van der Waals surface area (Å²) in [5.41, 5.74) is 0. The predicted octanol–water partition coefficient (Wildman–Crippen LogP) is -1.79. The second-order valence-electron chi connectivity index (χ2n) is 1.95. The van der Waals surface area contributed by atoms with Crippen molar-refractivity contribution in [2.24, 2.45) is 0 Å². The first-order chi connectivity index (χ1) is 5.83. The molecule has 0 aromatic carbocycles. The van der Waals surface area contributed by atoms with Crippen LogP contribution >= 0.6 is 0 Å². The number of carbonyl (C=O) groups is 1. The fourth-order valence-electron chi connectivity index (χ4n) is 0.590. The third-order valence-corrected chi connectivity index (χ3v) is 1.04. The van der Waals surface area contributed by atoms with E-state index in [1.165, 1.54) is 11.0 Å². The number of hydrogen-bond donors (Lipinski definition) is 1. The number of tetrazole rings is 1. The summed E-state index contributed by atoms with van der Waals surface area (Å²) in [6, 6.07) is 0. The molecule has 7 nitrogen and oxygen atoms in total. The average Bonchev–Trinajstić information content (AvgIpc) is 2.53. The molecule has 0 radical (unpaired) electrons. The fraction of sp³-hybridized carbons (Fsp3) is 0.600. The van der Waals surface area contributed by atoms with Crippen LogP contribution in [0, 0.1) is 0 Å². The van der Waals surface area contributed by atoms with Gasteiger partial charge in [-0.2, -0.15) is 0 Å². The number of aliphatic hydroxyl groups is 1. The second kappa shape index (κ2) is 4.39. The van der Waals surface area contributed by atoms with Crippen molar-refractivity contribution in [3.8, 4) is 0 Å². The zero-order valence-corrected chi connectivity index (χ0v) is 6.25. The van der Waals surface area contributed by atoms with Gasteiger partial charge < -0.3 is 9.84 Å². The average molecular weight is 172 g/mol. The first-order valence-corrected chi connectivity index (χ1v) is 3.30. The summed E-state index contributed by atoms with van der Waals surface area (Å²) < 4.78 is 5.79. The fourth-order valence-corrected chi connectivity index (χ4v) is 0.590. The predicted molar refractivity (Wildman–Crippen MR) is 35.9 cm³/mol. The van der Waals surface area contributed by atoms with Gasteiger partial charge in [-0.15, -0.1) is 5.10 Å². The van der Waals surface area contributed by atoms with E-state index in [1.54, 1.807) is 0 Å². The Morgan fingerprint density at radius 2 is 2.50 bits per heavy atom. The summed E-state index contributed by atoms with van der Waals surface area (Å²) in [4.78, 5) is 10.8. The van der Waals surface area contributed by atoms with Gasteiger partial charge in [0.1, 0.15) is 19.5 Å². The van der Waals surface area contributed by atoms with Crippen molar-refractivity contribution >= 4 is 5.97 Å². The van der Waals surface area contributed by atoms with E-state index in [9.17, 15) is 4.79 Å². The number of nitrogens with zero attached hydrogens (tertiary/aromatic N) is 4. The highest BCUT2D eigenvalue weighted by Crippen LogP contribution is 1.83. The summed E-state index contributed by atoms with van der Waals surface area (Å²) >= 11 is 0. The number of carbonyl (C=O) groups excluding carboxylic acids is 1. The van der Waals surface area contributed by atoms with Crippen molar-refractivity contribution < 1.29 is 14.6 Å². The highest BCUT2D eigenvalue weighted by atomic mass is 16.5. The first kappa shape index (κ1) is 8.60. The van der Waals surface area contributed by atoms with Crippen LogP contribution in [0.2, 0.25) is 0 Å². The molecule has 0 fully saturated rings. The van der Waals surface area contributed by atoms with Gasteiger partial charge in [0, 0.05) is 0 Å². The zero-order valence-electron chi connectivity index (χ0n) is 6.25. The Bertz CT molecular complexity index is 235.